The van der Waals surface area contributed by atoms with Gasteiger partial charge < -0.3 is 14.3 Å². The van der Waals surface area contributed by atoms with Crippen LogP contribution in [-0.4, -0.2) is 39.8 Å². The molecule has 1 aliphatic rings. The maximum absolute atomic E-state index is 12.8. The Labute approximate surface area is 176 Å². The highest BCUT2D eigenvalue weighted by molar-refractivity contribution is 6.30. The number of ether oxygens (including phenoxy) is 1. The molecular weight excluding hydrogens is 410 g/mol. The molecule has 0 fully saturated rings. The second-order valence-corrected chi connectivity index (χ2v) is 7.16. The lowest BCUT2D eigenvalue weighted by atomic mass is 10.0. The third kappa shape index (κ3) is 3.86. The summed E-state index contributed by atoms with van der Waals surface area (Å²) in [5.41, 5.74) is 1.89. The van der Waals surface area contributed by atoms with Crippen LogP contribution in [0.5, 0.6) is 5.75 Å². The van der Waals surface area contributed by atoms with Crippen molar-refractivity contribution >= 4 is 40.1 Å². The first-order valence-corrected chi connectivity index (χ1v) is 9.63. The van der Waals surface area contributed by atoms with Crippen molar-refractivity contribution in [3.05, 3.63) is 59.1 Å². The molecule has 154 valence electrons. The number of hydrogen-bond donors (Lipinski definition) is 1. The number of aromatic nitrogens is 1. The zero-order valence-electron chi connectivity index (χ0n) is 16.0. The second kappa shape index (κ2) is 8.16. The number of nitrogens with zero attached hydrogens (tertiary/aromatic N) is 3. The van der Waals surface area contributed by atoms with Crippen LogP contribution in [0.3, 0.4) is 0 Å². The fourth-order valence-corrected chi connectivity index (χ4v) is 3.68. The number of amides is 1. The van der Waals surface area contributed by atoms with Crippen LogP contribution in [0, 0.1) is 0 Å². The Morgan fingerprint density at radius 2 is 2.13 bits per heavy atom. The predicted octanol–water partition coefficient (Wildman–Crippen LogP) is 4.03. The number of pyridine rings is 1. The first kappa shape index (κ1) is 19.9. The Morgan fingerprint density at radius 3 is 2.83 bits per heavy atom. The van der Waals surface area contributed by atoms with Gasteiger partial charge in [0.2, 0.25) is 5.91 Å². The van der Waals surface area contributed by atoms with Gasteiger partial charge in [-0.1, -0.05) is 11.6 Å². The van der Waals surface area contributed by atoms with Gasteiger partial charge in [0.05, 0.1) is 31.4 Å². The summed E-state index contributed by atoms with van der Waals surface area (Å²) in [6.07, 6.45) is 1.43. The van der Waals surface area contributed by atoms with Crippen molar-refractivity contribution < 1.29 is 23.8 Å². The molecule has 0 radical (unpaired) electrons. The Hall–Kier alpha value is -3.39. The molecule has 1 unspecified atom stereocenters. The topological polar surface area (TPSA) is 105 Å². The SMILES string of the molecule is COc1ccc2nc(Cl)c(C3CC(c4ccco4)=NN3C(=O)CCC(=O)O)cc2c1. The Balaban J connectivity index is 1.74. The minimum absolute atomic E-state index is 0.173. The van der Waals surface area contributed by atoms with Crippen LogP contribution >= 0.6 is 11.6 Å². The van der Waals surface area contributed by atoms with Gasteiger partial charge in [-0.3, -0.25) is 9.59 Å². The molecule has 9 heteroatoms. The van der Waals surface area contributed by atoms with Crippen LogP contribution in [0.2, 0.25) is 5.15 Å². The summed E-state index contributed by atoms with van der Waals surface area (Å²) in [5, 5.41) is 15.7. The largest absolute Gasteiger partial charge is 0.497 e. The number of furan rings is 1. The van der Waals surface area contributed by atoms with Crippen LogP contribution < -0.4 is 4.74 Å². The van der Waals surface area contributed by atoms with Crippen molar-refractivity contribution in [3.63, 3.8) is 0 Å². The highest BCUT2D eigenvalue weighted by atomic mass is 35.5. The van der Waals surface area contributed by atoms with Gasteiger partial charge in [0.15, 0.2) is 0 Å². The van der Waals surface area contributed by atoms with Crippen LogP contribution in [0.1, 0.15) is 36.6 Å². The van der Waals surface area contributed by atoms with Crippen LogP contribution in [-0.2, 0) is 9.59 Å². The molecule has 2 aromatic heterocycles. The van der Waals surface area contributed by atoms with Gasteiger partial charge in [0.1, 0.15) is 22.4 Å². The van der Waals surface area contributed by atoms with Crippen LogP contribution in [0.15, 0.2) is 52.2 Å². The van der Waals surface area contributed by atoms with Gasteiger partial charge in [0, 0.05) is 23.8 Å². The molecule has 3 aromatic rings. The van der Waals surface area contributed by atoms with E-state index in [2.05, 4.69) is 10.1 Å². The number of hydrazone groups is 1. The number of carboxylic acid groups (broad SMARTS) is 1. The number of carbonyl (C=O) groups excluding carboxylic acids is 1. The highest BCUT2D eigenvalue weighted by Gasteiger charge is 2.35. The van der Waals surface area contributed by atoms with Crippen LogP contribution in [0.25, 0.3) is 10.9 Å². The fraction of sp³-hybridized carbons (Fsp3) is 0.238. The summed E-state index contributed by atoms with van der Waals surface area (Å²) in [4.78, 5) is 28.1. The van der Waals surface area contributed by atoms with E-state index < -0.39 is 17.9 Å². The lowest BCUT2D eigenvalue weighted by Gasteiger charge is -2.22. The molecule has 8 nitrogen and oxygen atoms in total. The molecule has 1 amide bonds. The Morgan fingerprint density at radius 1 is 1.30 bits per heavy atom. The van der Waals surface area contributed by atoms with E-state index in [1.165, 1.54) is 11.3 Å². The first-order valence-electron chi connectivity index (χ1n) is 9.25. The van der Waals surface area contributed by atoms with Gasteiger partial charge >= 0.3 is 5.97 Å². The number of rotatable bonds is 6. The summed E-state index contributed by atoms with van der Waals surface area (Å²) >= 11 is 6.48. The number of fused-ring (bicyclic) bond motifs is 1. The molecule has 0 spiro atoms. The van der Waals surface area contributed by atoms with Crippen molar-refractivity contribution in [2.24, 2.45) is 5.10 Å². The van der Waals surface area contributed by atoms with Gasteiger partial charge in [-0.15, -0.1) is 0 Å². The van der Waals surface area contributed by atoms with E-state index in [0.29, 0.717) is 34.7 Å². The smallest absolute Gasteiger partial charge is 0.303 e. The van der Waals surface area contributed by atoms with E-state index in [1.807, 2.05) is 12.1 Å². The van der Waals surface area contributed by atoms with Gasteiger partial charge in [0.25, 0.3) is 0 Å². The molecule has 0 saturated carbocycles. The summed E-state index contributed by atoms with van der Waals surface area (Å²) < 4.78 is 10.7. The average molecular weight is 428 g/mol. The normalized spacial score (nSPS) is 16.0. The molecule has 3 heterocycles. The second-order valence-electron chi connectivity index (χ2n) is 6.80. The van der Waals surface area contributed by atoms with Crippen molar-refractivity contribution in [2.75, 3.05) is 7.11 Å². The lowest BCUT2D eigenvalue weighted by molar-refractivity contribution is -0.141. The molecule has 0 bridgehead atoms. The average Bonchev–Trinajstić information content (AvgIpc) is 3.41. The summed E-state index contributed by atoms with van der Waals surface area (Å²) in [6.45, 7) is 0. The predicted molar refractivity (Wildman–Crippen MR) is 110 cm³/mol. The third-order valence-electron chi connectivity index (χ3n) is 4.89. The molecule has 1 atom stereocenters. The zero-order chi connectivity index (χ0) is 21.3. The molecule has 30 heavy (non-hydrogen) atoms. The highest BCUT2D eigenvalue weighted by Crippen LogP contribution is 2.38. The summed E-state index contributed by atoms with van der Waals surface area (Å²) in [5.74, 6) is -0.247. The van der Waals surface area contributed by atoms with E-state index in [9.17, 15) is 9.59 Å². The maximum atomic E-state index is 12.8. The van der Waals surface area contributed by atoms with E-state index in [4.69, 9.17) is 25.9 Å². The Bertz CT molecular complexity index is 1140. The van der Waals surface area contributed by atoms with Gasteiger partial charge in [-0.25, -0.2) is 9.99 Å². The number of carboxylic acids is 1. The van der Waals surface area contributed by atoms with E-state index in [-0.39, 0.29) is 18.0 Å². The molecule has 0 saturated heterocycles. The first-order chi connectivity index (χ1) is 14.5. The van der Waals surface area contributed by atoms with Gasteiger partial charge in [-0.2, -0.15) is 5.10 Å². The standard InChI is InChI=1S/C21H18ClN3O5/c1-29-13-4-5-15-12(9-13)10-14(21(22)23-15)17-11-16(18-3-2-8-30-18)24-25(17)19(26)6-7-20(27)28/h2-5,8-10,17H,6-7,11H2,1H3,(H,27,28). The monoisotopic (exact) mass is 427 g/mol. The quantitative estimate of drug-likeness (QED) is 0.595. The zero-order valence-corrected chi connectivity index (χ0v) is 16.8. The number of carbonyl (C=O) groups is 2. The van der Waals surface area contributed by atoms with Crippen molar-refractivity contribution in [3.8, 4) is 5.75 Å². The molecular formula is C21H18ClN3O5. The number of benzene rings is 1. The number of halogens is 1. The summed E-state index contributed by atoms with van der Waals surface area (Å²) in [6, 6.07) is 10.3. The van der Waals surface area contributed by atoms with Gasteiger partial charge in [-0.05, 0) is 36.4 Å². The Kier molecular flexibility index (Phi) is 5.41. The number of aliphatic carboxylic acids is 1. The molecule has 0 aliphatic carbocycles. The van der Waals surface area contributed by atoms with E-state index >= 15 is 0 Å². The fourth-order valence-electron chi connectivity index (χ4n) is 3.41. The number of methoxy groups -OCH3 is 1. The van der Waals surface area contributed by atoms with E-state index in [0.717, 1.165) is 5.39 Å². The minimum Gasteiger partial charge on any atom is -0.497 e. The molecule has 1 aliphatic heterocycles. The third-order valence-corrected chi connectivity index (χ3v) is 5.19. The minimum atomic E-state index is -1.05. The van der Waals surface area contributed by atoms with Crippen molar-refractivity contribution in [1.29, 1.82) is 0 Å². The molecule has 1 aromatic carbocycles. The number of hydrogen-bond acceptors (Lipinski definition) is 6. The lowest BCUT2D eigenvalue weighted by Crippen LogP contribution is -2.27. The van der Waals surface area contributed by atoms with Crippen LogP contribution in [0.4, 0.5) is 0 Å². The summed E-state index contributed by atoms with van der Waals surface area (Å²) in [7, 11) is 1.58. The van der Waals surface area contributed by atoms with Crippen molar-refractivity contribution in [2.45, 2.75) is 25.3 Å². The van der Waals surface area contributed by atoms with Crippen molar-refractivity contribution in [1.82, 2.24) is 9.99 Å². The molecule has 4 rings (SSSR count). The maximum Gasteiger partial charge on any atom is 0.303 e. The molecule has 1 N–H and O–H groups in total. The van der Waals surface area contributed by atoms with E-state index in [1.54, 1.807) is 31.4 Å².